The molecule has 0 saturated carbocycles. The van der Waals surface area contributed by atoms with E-state index in [2.05, 4.69) is 73.3 Å². The van der Waals surface area contributed by atoms with Gasteiger partial charge >= 0.3 is 65.4 Å². The summed E-state index contributed by atoms with van der Waals surface area (Å²) >= 11 is 22.2. The molecule has 0 aromatic heterocycles. The van der Waals surface area contributed by atoms with Gasteiger partial charge in [0.15, 0.2) is 0 Å². The first-order valence-corrected chi connectivity index (χ1v) is 5.02. The van der Waals surface area contributed by atoms with Crippen molar-refractivity contribution >= 4 is 104 Å². The zero-order valence-electron chi connectivity index (χ0n) is 9.29. The van der Waals surface area contributed by atoms with Gasteiger partial charge in [-0.25, -0.2) is 0 Å². The molecule has 0 aromatic rings. The molecule has 96 valence electrons. The summed E-state index contributed by atoms with van der Waals surface area (Å²) in [5, 5.41) is 50.8. The summed E-state index contributed by atoms with van der Waals surface area (Å²) in [6, 6.07) is 0. The van der Waals surface area contributed by atoms with Gasteiger partial charge in [0.25, 0.3) is 0 Å². The van der Waals surface area contributed by atoms with Crippen LogP contribution in [0.15, 0.2) is 0 Å². The molecule has 6 nitrogen and oxygen atoms in total. The molecule has 14 heteroatoms. The van der Waals surface area contributed by atoms with Crippen LogP contribution in [0.5, 0.6) is 0 Å². The van der Waals surface area contributed by atoms with Gasteiger partial charge in [-0.2, -0.15) is 31.0 Å². The van der Waals surface area contributed by atoms with Gasteiger partial charge in [-0.3, -0.25) is 0 Å². The summed E-state index contributed by atoms with van der Waals surface area (Å²) in [6.07, 6.45) is 0. The van der Waals surface area contributed by atoms with Gasteiger partial charge in [-0.05, 0) is 0 Å². The fourth-order valence-electron chi connectivity index (χ4n) is 0. The molecule has 0 aliphatic heterocycles. The van der Waals surface area contributed by atoms with E-state index in [9.17, 15) is 0 Å². The molecule has 0 bridgehead atoms. The molecule has 0 fully saturated rings. The van der Waals surface area contributed by atoms with Crippen molar-refractivity contribution in [3.05, 3.63) is 32.5 Å². The summed E-state index contributed by atoms with van der Waals surface area (Å²) in [6.45, 7) is 0. The van der Waals surface area contributed by atoms with Crippen LogP contribution in [-0.4, -0.2) is 31.0 Å². The van der Waals surface area contributed by atoms with Gasteiger partial charge in [-0.15, -0.1) is 0 Å². The molecule has 0 aliphatic carbocycles. The quantitative estimate of drug-likeness (QED) is 0.347. The van der Waals surface area contributed by atoms with E-state index >= 15 is 0 Å². The number of isothiocyanates is 6. The van der Waals surface area contributed by atoms with Gasteiger partial charge < -0.3 is 32.5 Å². The molecule has 0 rings (SSSR count). The summed E-state index contributed by atoms with van der Waals surface area (Å²) in [5.74, 6) is 0. The first kappa shape index (κ1) is 49.7. The van der Waals surface area contributed by atoms with Gasteiger partial charge in [0.2, 0.25) is 0 Å². The van der Waals surface area contributed by atoms with Crippen molar-refractivity contribution in [2.45, 2.75) is 0 Å². The Labute approximate surface area is 199 Å². The summed E-state index contributed by atoms with van der Waals surface area (Å²) in [4.78, 5) is 0. The number of thiocarbonyl (C=S) groups is 6. The standard InChI is InChI=1S/6CNS.2Y/c6*2-1-3;;/q6*-1;2*+3. The van der Waals surface area contributed by atoms with E-state index in [4.69, 9.17) is 32.5 Å². The minimum absolute atomic E-state index is 0. The Bertz CT molecular complexity index is 257. The van der Waals surface area contributed by atoms with E-state index < -0.39 is 0 Å². The van der Waals surface area contributed by atoms with E-state index in [1.165, 1.54) is 31.0 Å². The largest absolute Gasteiger partial charge is 3.00 e. The van der Waals surface area contributed by atoms with Gasteiger partial charge in [0.05, 0.1) is 0 Å². The Morgan fingerprint density at radius 3 is 0.350 bits per heavy atom. The summed E-state index contributed by atoms with van der Waals surface area (Å²) in [7, 11) is 0. The molecule has 0 spiro atoms. The van der Waals surface area contributed by atoms with Crippen LogP contribution in [0, 0.1) is 0 Å². The smallest absolute Gasteiger partial charge is 0.753 e. The molecule has 0 heterocycles. The minimum atomic E-state index is 0. The maximum atomic E-state index is 7.13. The molecular formula is C6N6S6Y2. The van der Waals surface area contributed by atoms with Crippen molar-refractivity contribution in [1.29, 1.82) is 0 Å². The average Bonchev–Trinajstić information content (AvgIpc) is 2.23. The van der Waals surface area contributed by atoms with Crippen LogP contribution in [0.25, 0.3) is 32.5 Å². The third-order valence-corrected chi connectivity index (χ3v) is 0. The van der Waals surface area contributed by atoms with Gasteiger partial charge in [-0.1, -0.05) is 73.3 Å². The maximum absolute atomic E-state index is 7.13. The second-order valence-corrected chi connectivity index (χ2v) is 1.64. The molecule has 0 aromatic carbocycles. The second-order valence-electron chi connectivity index (χ2n) is 0.548. The van der Waals surface area contributed by atoms with Crippen molar-refractivity contribution < 1.29 is 65.4 Å². The molecule has 0 radical (unpaired) electrons. The van der Waals surface area contributed by atoms with E-state index in [-0.39, 0.29) is 65.4 Å². The Kier molecular flexibility index (Phi) is 366. The molecule has 0 aliphatic rings. The van der Waals surface area contributed by atoms with Crippen molar-refractivity contribution in [3.8, 4) is 0 Å². The Morgan fingerprint density at radius 2 is 0.350 bits per heavy atom. The summed E-state index contributed by atoms with van der Waals surface area (Å²) in [5.41, 5.74) is 0. The van der Waals surface area contributed by atoms with Crippen LogP contribution in [0.3, 0.4) is 0 Å². The van der Waals surface area contributed by atoms with Crippen LogP contribution in [0.4, 0.5) is 0 Å². The first-order chi connectivity index (χ1) is 8.49. The van der Waals surface area contributed by atoms with Crippen LogP contribution in [0.2, 0.25) is 0 Å². The molecular weight excluding hydrogens is 526 g/mol. The van der Waals surface area contributed by atoms with E-state index in [1.54, 1.807) is 0 Å². The van der Waals surface area contributed by atoms with Crippen LogP contribution >= 0.6 is 73.3 Å². The molecule has 0 unspecified atom stereocenters. The van der Waals surface area contributed by atoms with Crippen molar-refractivity contribution in [2.24, 2.45) is 0 Å². The van der Waals surface area contributed by atoms with E-state index in [0.717, 1.165) is 0 Å². The Morgan fingerprint density at radius 1 is 0.350 bits per heavy atom. The fourth-order valence-corrected chi connectivity index (χ4v) is 0. The Hall–Kier alpha value is 1.01. The third kappa shape index (κ3) is 6070. The Balaban J connectivity index is -0.0000000141. The van der Waals surface area contributed by atoms with Crippen molar-refractivity contribution in [2.75, 3.05) is 0 Å². The molecule has 0 atom stereocenters. The molecule has 0 saturated heterocycles. The predicted octanol–water partition coefficient (Wildman–Crippen LogP) is 3.95. The van der Waals surface area contributed by atoms with Crippen LogP contribution < -0.4 is 0 Å². The van der Waals surface area contributed by atoms with Crippen molar-refractivity contribution in [3.63, 3.8) is 0 Å². The first-order valence-electron chi connectivity index (χ1n) is 2.57. The second kappa shape index (κ2) is 147. The minimum Gasteiger partial charge on any atom is -0.753 e. The van der Waals surface area contributed by atoms with Crippen LogP contribution in [0.1, 0.15) is 0 Å². The molecule has 0 amide bonds. The zero-order valence-corrected chi connectivity index (χ0v) is 19.9. The SMILES string of the molecule is [N-]=C=S.[N-]=C=S.[N-]=C=S.[N-]=C=S.[N-]=C=S.[N-]=C=S.[Y+3].[Y+3]. The third-order valence-electron chi connectivity index (χ3n) is 0. The van der Waals surface area contributed by atoms with Crippen LogP contribution in [-0.2, 0) is 65.4 Å². The van der Waals surface area contributed by atoms with Gasteiger partial charge in [0.1, 0.15) is 0 Å². The van der Waals surface area contributed by atoms with Gasteiger partial charge in [0, 0.05) is 0 Å². The van der Waals surface area contributed by atoms with E-state index in [1.807, 2.05) is 0 Å². The average molecular weight is 526 g/mol. The van der Waals surface area contributed by atoms with E-state index in [0.29, 0.717) is 0 Å². The normalized spacial score (nSPS) is 2.40. The number of hydrogen-bond donors (Lipinski definition) is 0. The zero-order chi connectivity index (χ0) is 16.2. The number of hydrogen-bond acceptors (Lipinski definition) is 6. The monoisotopic (exact) mass is 526 g/mol. The molecule has 0 N–H and O–H groups in total. The summed E-state index contributed by atoms with van der Waals surface area (Å²) < 4.78 is 0. The number of nitrogens with zero attached hydrogens (tertiary/aromatic N) is 6. The predicted molar refractivity (Wildman–Crippen MR) is 95.7 cm³/mol. The fraction of sp³-hybridized carbons (Fsp3) is 0. The van der Waals surface area contributed by atoms with Crippen molar-refractivity contribution in [1.82, 2.24) is 0 Å². The number of rotatable bonds is 0. The maximum Gasteiger partial charge on any atom is 3.00 e. The molecule has 20 heavy (non-hydrogen) atoms. The topological polar surface area (TPSA) is 134 Å².